The molecule has 0 atom stereocenters. The molecule has 0 heterocycles. The van der Waals surface area contributed by atoms with E-state index in [9.17, 15) is 19.2 Å². The van der Waals surface area contributed by atoms with E-state index < -0.39 is 17.3 Å². The second-order valence-corrected chi connectivity index (χ2v) is 6.33. The molecule has 0 bridgehead atoms. The van der Waals surface area contributed by atoms with Gasteiger partial charge < -0.3 is 0 Å². The van der Waals surface area contributed by atoms with Crippen LogP contribution in [0.4, 0.5) is 0 Å². The van der Waals surface area contributed by atoms with E-state index in [4.69, 9.17) is 0 Å². The van der Waals surface area contributed by atoms with Gasteiger partial charge in [0.05, 0.1) is 0 Å². The number of carbonyl (C=O) groups is 1. The normalized spacial score (nSPS) is 14.5. The molecule has 0 N–H and O–H groups in total. The summed E-state index contributed by atoms with van der Waals surface area (Å²) < 4.78 is 0.171. The van der Waals surface area contributed by atoms with Crippen LogP contribution in [0.15, 0.2) is 34.3 Å². The monoisotopic (exact) mass is 272 g/mol. The summed E-state index contributed by atoms with van der Waals surface area (Å²) >= 11 is -3.88. The summed E-state index contributed by atoms with van der Waals surface area (Å²) in [6.45, 7) is 4.97. The molecule has 1 rings (SSSR count). The van der Waals surface area contributed by atoms with Gasteiger partial charge in [-0.05, 0) is 0 Å². The Bertz CT molecular complexity index is 670. The van der Waals surface area contributed by atoms with Crippen LogP contribution in [0.25, 0.3) is 0 Å². The SMILES string of the molecule is C=CC(=O)C1=[C]([Mn](=[C]=O)(=[C]=O)=[C]=O)C(C)=CC1. The Morgan fingerprint density at radius 3 is 2.29 bits per heavy atom. The predicted molar refractivity (Wildman–Crippen MR) is 57.7 cm³/mol. The van der Waals surface area contributed by atoms with Crippen LogP contribution in [0, 0.1) is 0 Å². The zero-order chi connectivity index (χ0) is 13.1. The molecule has 0 aromatic rings. The summed E-state index contributed by atoms with van der Waals surface area (Å²) in [6.07, 6.45) is 3.05. The first-order chi connectivity index (χ1) is 8.06. The number of rotatable bonds is 3. The second kappa shape index (κ2) is 4.99. The minimum absolute atomic E-state index is 0.171. The number of allylic oxidation sites excluding steroid dienone is 5. The van der Waals surface area contributed by atoms with Gasteiger partial charge in [-0.25, -0.2) is 0 Å². The van der Waals surface area contributed by atoms with Gasteiger partial charge in [-0.1, -0.05) is 0 Å². The summed E-state index contributed by atoms with van der Waals surface area (Å²) in [5, 5.41) is 0. The van der Waals surface area contributed by atoms with Crippen molar-refractivity contribution in [2.45, 2.75) is 13.3 Å². The Kier molecular flexibility index (Phi) is 3.88. The quantitative estimate of drug-likeness (QED) is 0.560. The van der Waals surface area contributed by atoms with Gasteiger partial charge in [-0.2, -0.15) is 0 Å². The van der Waals surface area contributed by atoms with Crippen LogP contribution in [0.5, 0.6) is 0 Å². The molecule has 1 aliphatic carbocycles. The average molecular weight is 272 g/mol. The second-order valence-electron chi connectivity index (χ2n) is 3.25. The van der Waals surface area contributed by atoms with Crippen molar-refractivity contribution < 1.29 is 30.7 Å². The molecule has 0 unspecified atom stereocenters. The molecule has 4 nitrogen and oxygen atoms in total. The van der Waals surface area contributed by atoms with Crippen molar-refractivity contribution in [3.8, 4) is 0 Å². The summed E-state index contributed by atoms with van der Waals surface area (Å²) in [7, 11) is 0. The molecular weight excluding hydrogens is 263 g/mol. The Morgan fingerprint density at radius 2 is 1.88 bits per heavy atom. The Balaban J connectivity index is 3.93. The maximum atomic E-state index is 11.6. The summed E-state index contributed by atoms with van der Waals surface area (Å²) in [4.78, 5) is 48.6. The molecule has 0 fully saturated rings. The first-order valence-electron chi connectivity index (χ1n) is 4.57. The van der Waals surface area contributed by atoms with E-state index in [1.54, 1.807) is 13.0 Å². The standard InChI is InChI=1S/C9H9O.3CO.Mn/c1-3-9(10)8-5-4-7(2)6-8;3*1-2;/h3-4H,1,5H2,2H3;;;;. The van der Waals surface area contributed by atoms with Crippen molar-refractivity contribution >= 4 is 20.1 Å². The van der Waals surface area contributed by atoms with Gasteiger partial charge in [-0.3, -0.25) is 0 Å². The predicted octanol–water partition coefficient (Wildman–Crippen LogP) is 0.701. The third-order valence-corrected chi connectivity index (χ3v) is 5.13. The molecule has 0 saturated carbocycles. The van der Waals surface area contributed by atoms with E-state index in [0.717, 1.165) is 6.08 Å². The van der Waals surface area contributed by atoms with Crippen LogP contribution in [0.3, 0.4) is 0 Å². The van der Waals surface area contributed by atoms with Crippen molar-refractivity contribution in [3.05, 3.63) is 34.3 Å². The van der Waals surface area contributed by atoms with Crippen LogP contribution < -0.4 is 0 Å². The van der Waals surface area contributed by atoms with Crippen LogP contribution >= 0.6 is 0 Å². The molecule has 0 aromatic heterocycles. The molecule has 0 radical (unpaired) electrons. The van der Waals surface area contributed by atoms with Gasteiger partial charge in [0.25, 0.3) is 0 Å². The molecule has 0 amide bonds. The van der Waals surface area contributed by atoms with Crippen molar-refractivity contribution in [1.29, 1.82) is 0 Å². The van der Waals surface area contributed by atoms with Crippen molar-refractivity contribution in [1.82, 2.24) is 0 Å². The first kappa shape index (κ1) is 13.2. The molecule has 0 saturated heterocycles. The number of ketones is 1. The first-order valence-corrected chi connectivity index (χ1v) is 6.93. The molecule has 5 heteroatoms. The van der Waals surface area contributed by atoms with E-state index in [1.807, 2.05) is 0 Å². The van der Waals surface area contributed by atoms with Crippen molar-refractivity contribution in [2.24, 2.45) is 0 Å². The maximum absolute atomic E-state index is 11.6. The van der Waals surface area contributed by atoms with Gasteiger partial charge in [0.1, 0.15) is 0 Å². The molecule has 88 valence electrons. The van der Waals surface area contributed by atoms with Gasteiger partial charge >= 0.3 is 98.5 Å². The van der Waals surface area contributed by atoms with E-state index >= 15 is 0 Å². The minimum atomic E-state index is -3.88. The number of hydrogen-bond donors (Lipinski definition) is 0. The van der Waals surface area contributed by atoms with Crippen molar-refractivity contribution in [3.63, 3.8) is 0 Å². The summed E-state index contributed by atoms with van der Waals surface area (Å²) in [5.41, 5.74) is 0.817. The molecular formula is C12H9MnO4. The van der Waals surface area contributed by atoms with Crippen molar-refractivity contribution in [2.75, 3.05) is 0 Å². The summed E-state index contributed by atoms with van der Waals surface area (Å²) in [6, 6.07) is 0. The van der Waals surface area contributed by atoms with Gasteiger partial charge in [0, 0.05) is 0 Å². The van der Waals surface area contributed by atoms with E-state index in [-0.39, 0.29) is 16.5 Å². The fourth-order valence-electron chi connectivity index (χ4n) is 1.56. The Hall–Kier alpha value is -1.85. The van der Waals surface area contributed by atoms with Crippen LogP contribution in [0.1, 0.15) is 13.3 Å². The zero-order valence-corrected chi connectivity index (χ0v) is 10.3. The van der Waals surface area contributed by atoms with E-state index in [0.29, 0.717) is 5.57 Å². The van der Waals surface area contributed by atoms with E-state index in [2.05, 4.69) is 6.58 Å². The third kappa shape index (κ3) is 2.02. The molecule has 0 spiro atoms. The Morgan fingerprint density at radius 1 is 1.35 bits per heavy atom. The Labute approximate surface area is 98.8 Å². The van der Waals surface area contributed by atoms with Gasteiger partial charge in [0.15, 0.2) is 0 Å². The van der Waals surface area contributed by atoms with Crippen LogP contribution in [-0.4, -0.2) is 20.1 Å². The fraction of sp³-hybridized carbons (Fsp3) is 0.167. The van der Waals surface area contributed by atoms with Gasteiger partial charge in [-0.15, -0.1) is 0 Å². The number of hydrogen-bond acceptors (Lipinski definition) is 4. The molecule has 0 aromatic carbocycles. The fourth-order valence-corrected chi connectivity index (χ4v) is 3.69. The molecule has 1 aliphatic rings. The summed E-state index contributed by atoms with van der Waals surface area (Å²) in [5.74, 6) is -0.397. The number of carbonyl (C=O) groups excluding carboxylic acids is 4. The topological polar surface area (TPSA) is 68.3 Å². The van der Waals surface area contributed by atoms with E-state index in [1.165, 1.54) is 14.4 Å². The zero-order valence-electron chi connectivity index (χ0n) is 9.08. The molecule has 17 heavy (non-hydrogen) atoms. The molecule has 0 aliphatic heterocycles. The van der Waals surface area contributed by atoms with Gasteiger partial charge in [0.2, 0.25) is 0 Å². The van der Waals surface area contributed by atoms with Crippen LogP contribution in [-0.2, 0) is 30.7 Å². The third-order valence-electron chi connectivity index (χ3n) is 2.34. The average Bonchev–Trinajstić information content (AvgIpc) is 2.75. The van der Waals surface area contributed by atoms with Crippen LogP contribution in [0.2, 0.25) is 0 Å².